The Bertz CT molecular complexity index is 673. The van der Waals surface area contributed by atoms with E-state index >= 15 is 0 Å². The van der Waals surface area contributed by atoms with E-state index in [0.717, 1.165) is 28.1 Å². The van der Waals surface area contributed by atoms with Gasteiger partial charge < -0.3 is 9.64 Å². The summed E-state index contributed by atoms with van der Waals surface area (Å²) in [6.45, 7) is 9.75. The van der Waals surface area contributed by atoms with E-state index in [1.165, 1.54) is 5.56 Å². The molecular formula is C18H24BrN3O. The van der Waals surface area contributed by atoms with Crippen LogP contribution in [0, 0.1) is 6.92 Å². The summed E-state index contributed by atoms with van der Waals surface area (Å²) in [5.41, 5.74) is 4.21. The standard InChI is InChI=1S/C18H24BrN3O/c1-6-22(17-8-7-14(12(2)3)10-16(17)19)18-20-13(4)9-15(21-18)11-23-5/h7-10,12H,6,11H2,1-5H3. The molecule has 5 heteroatoms. The number of nitrogens with zero attached hydrogens (tertiary/aromatic N) is 3. The maximum absolute atomic E-state index is 5.20. The second-order valence-electron chi connectivity index (χ2n) is 5.84. The number of anilines is 2. The van der Waals surface area contributed by atoms with Crippen LogP contribution in [0.4, 0.5) is 11.6 Å². The molecule has 1 aromatic heterocycles. The number of benzene rings is 1. The van der Waals surface area contributed by atoms with Gasteiger partial charge in [-0.05, 0) is 59.5 Å². The normalized spacial score (nSPS) is 11.1. The number of rotatable bonds is 6. The summed E-state index contributed by atoms with van der Waals surface area (Å²) in [7, 11) is 1.68. The van der Waals surface area contributed by atoms with Crippen molar-refractivity contribution in [3.05, 3.63) is 45.7 Å². The molecule has 0 aliphatic heterocycles. The Morgan fingerprint density at radius 2 is 1.96 bits per heavy atom. The molecule has 1 aromatic carbocycles. The number of methoxy groups -OCH3 is 1. The van der Waals surface area contributed by atoms with E-state index in [0.29, 0.717) is 18.5 Å². The molecule has 0 fully saturated rings. The smallest absolute Gasteiger partial charge is 0.230 e. The van der Waals surface area contributed by atoms with Crippen molar-refractivity contribution in [1.29, 1.82) is 0 Å². The van der Waals surface area contributed by atoms with E-state index in [9.17, 15) is 0 Å². The molecule has 0 radical (unpaired) electrons. The fourth-order valence-corrected chi connectivity index (χ4v) is 3.09. The molecule has 0 bridgehead atoms. The van der Waals surface area contributed by atoms with Gasteiger partial charge in [0.25, 0.3) is 0 Å². The minimum Gasteiger partial charge on any atom is -0.378 e. The Balaban J connectivity index is 2.44. The van der Waals surface area contributed by atoms with Gasteiger partial charge >= 0.3 is 0 Å². The summed E-state index contributed by atoms with van der Waals surface area (Å²) in [5, 5.41) is 0. The average Bonchev–Trinajstić information content (AvgIpc) is 2.49. The molecule has 0 N–H and O–H groups in total. The highest BCUT2D eigenvalue weighted by molar-refractivity contribution is 9.10. The van der Waals surface area contributed by atoms with E-state index in [4.69, 9.17) is 4.74 Å². The van der Waals surface area contributed by atoms with E-state index in [1.807, 2.05) is 13.0 Å². The second kappa shape index (κ2) is 7.88. The van der Waals surface area contributed by atoms with Gasteiger partial charge in [-0.1, -0.05) is 19.9 Å². The molecule has 0 saturated carbocycles. The molecule has 0 amide bonds. The second-order valence-corrected chi connectivity index (χ2v) is 6.70. The predicted molar refractivity (Wildman–Crippen MR) is 98.4 cm³/mol. The zero-order chi connectivity index (χ0) is 17.0. The number of ether oxygens (including phenoxy) is 1. The van der Waals surface area contributed by atoms with Gasteiger partial charge in [-0.25, -0.2) is 9.97 Å². The Hall–Kier alpha value is -1.46. The van der Waals surface area contributed by atoms with E-state index in [2.05, 4.69) is 69.8 Å². The Morgan fingerprint density at radius 3 is 2.52 bits per heavy atom. The van der Waals surface area contributed by atoms with Crippen molar-refractivity contribution in [3.63, 3.8) is 0 Å². The highest BCUT2D eigenvalue weighted by atomic mass is 79.9. The lowest BCUT2D eigenvalue weighted by atomic mass is 10.0. The van der Waals surface area contributed by atoms with Crippen molar-refractivity contribution < 1.29 is 4.74 Å². The van der Waals surface area contributed by atoms with Gasteiger partial charge in [0.2, 0.25) is 5.95 Å². The predicted octanol–water partition coefficient (Wildman–Crippen LogP) is 4.98. The molecule has 2 aromatic rings. The van der Waals surface area contributed by atoms with Crippen LogP contribution in [0.5, 0.6) is 0 Å². The summed E-state index contributed by atoms with van der Waals surface area (Å²) < 4.78 is 6.26. The summed E-state index contributed by atoms with van der Waals surface area (Å²) in [6, 6.07) is 8.43. The molecule has 124 valence electrons. The Labute approximate surface area is 147 Å². The molecule has 2 rings (SSSR count). The van der Waals surface area contributed by atoms with Gasteiger partial charge in [-0.3, -0.25) is 0 Å². The lowest BCUT2D eigenvalue weighted by Gasteiger charge is -2.24. The number of aryl methyl sites for hydroxylation is 1. The first-order chi connectivity index (χ1) is 11.0. The maximum atomic E-state index is 5.20. The maximum Gasteiger partial charge on any atom is 0.230 e. The zero-order valence-electron chi connectivity index (χ0n) is 14.4. The van der Waals surface area contributed by atoms with Gasteiger partial charge in [0.05, 0.1) is 18.0 Å². The monoisotopic (exact) mass is 377 g/mol. The fraction of sp³-hybridized carbons (Fsp3) is 0.444. The third-order valence-corrected chi connectivity index (χ3v) is 4.31. The third kappa shape index (κ3) is 4.30. The van der Waals surface area contributed by atoms with Gasteiger partial charge in [0.15, 0.2) is 0 Å². The van der Waals surface area contributed by atoms with Crippen LogP contribution < -0.4 is 4.90 Å². The van der Waals surface area contributed by atoms with E-state index < -0.39 is 0 Å². The molecule has 0 aliphatic carbocycles. The SMILES string of the molecule is CCN(c1nc(C)cc(COC)n1)c1ccc(C(C)C)cc1Br. The molecule has 0 aliphatic rings. The molecular weight excluding hydrogens is 354 g/mol. The number of hydrogen-bond donors (Lipinski definition) is 0. The van der Waals surface area contributed by atoms with Crippen molar-refractivity contribution in [2.24, 2.45) is 0 Å². The Kier molecular flexibility index (Phi) is 6.13. The molecule has 1 heterocycles. The summed E-state index contributed by atoms with van der Waals surface area (Å²) in [6.07, 6.45) is 0. The van der Waals surface area contributed by atoms with Crippen LogP contribution in [0.2, 0.25) is 0 Å². The first kappa shape index (κ1) is 17.9. The molecule has 0 atom stereocenters. The molecule has 4 nitrogen and oxygen atoms in total. The number of aromatic nitrogens is 2. The van der Waals surface area contributed by atoms with E-state index in [-0.39, 0.29) is 0 Å². The topological polar surface area (TPSA) is 38.2 Å². The van der Waals surface area contributed by atoms with E-state index in [1.54, 1.807) is 7.11 Å². The lowest BCUT2D eigenvalue weighted by Crippen LogP contribution is -2.20. The van der Waals surface area contributed by atoms with Crippen molar-refractivity contribution in [2.75, 3.05) is 18.6 Å². The molecule has 0 saturated heterocycles. The first-order valence-electron chi connectivity index (χ1n) is 7.86. The highest BCUT2D eigenvalue weighted by Gasteiger charge is 2.15. The van der Waals surface area contributed by atoms with Gasteiger partial charge in [-0.2, -0.15) is 0 Å². The minimum absolute atomic E-state index is 0.487. The first-order valence-corrected chi connectivity index (χ1v) is 8.66. The molecule has 0 spiro atoms. The van der Waals surface area contributed by atoms with Gasteiger partial charge in [-0.15, -0.1) is 0 Å². The lowest BCUT2D eigenvalue weighted by molar-refractivity contribution is 0.181. The van der Waals surface area contributed by atoms with Crippen LogP contribution in [0.1, 0.15) is 43.6 Å². The van der Waals surface area contributed by atoms with Crippen LogP contribution in [0.25, 0.3) is 0 Å². The largest absolute Gasteiger partial charge is 0.378 e. The fourth-order valence-electron chi connectivity index (χ4n) is 2.48. The van der Waals surface area contributed by atoms with Crippen LogP contribution >= 0.6 is 15.9 Å². The summed E-state index contributed by atoms with van der Waals surface area (Å²) >= 11 is 3.70. The van der Waals surface area contributed by atoms with Crippen molar-refractivity contribution in [3.8, 4) is 0 Å². The minimum atomic E-state index is 0.487. The van der Waals surface area contributed by atoms with Crippen LogP contribution in [-0.2, 0) is 11.3 Å². The average molecular weight is 378 g/mol. The van der Waals surface area contributed by atoms with Gasteiger partial charge in [0.1, 0.15) is 0 Å². The number of hydrogen-bond acceptors (Lipinski definition) is 4. The van der Waals surface area contributed by atoms with Crippen molar-refractivity contribution in [1.82, 2.24) is 9.97 Å². The van der Waals surface area contributed by atoms with Gasteiger partial charge in [0, 0.05) is 23.8 Å². The summed E-state index contributed by atoms with van der Waals surface area (Å²) in [4.78, 5) is 11.4. The zero-order valence-corrected chi connectivity index (χ0v) is 16.0. The van der Waals surface area contributed by atoms with Crippen LogP contribution in [0.15, 0.2) is 28.7 Å². The van der Waals surface area contributed by atoms with Crippen molar-refractivity contribution in [2.45, 2.75) is 40.2 Å². The summed E-state index contributed by atoms with van der Waals surface area (Å²) in [5.74, 6) is 1.21. The third-order valence-electron chi connectivity index (χ3n) is 3.67. The van der Waals surface area contributed by atoms with Crippen LogP contribution in [-0.4, -0.2) is 23.6 Å². The highest BCUT2D eigenvalue weighted by Crippen LogP contribution is 2.33. The number of halogens is 1. The van der Waals surface area contributed by atoms with Crippen LogP contribution in [0.3, 0.4) is 0 Å². The molecule has 0 unspecified atom stereocenters. The Morgan fingerprint density at radius 1 is 1.22 bits per heavy atom. The quantitative estimate of drug-likeness (QED) is 0.711. The molecule has 23 heavy (non-hydrogen) atoms. The van der Waals surface area contributed by atoms with Crippen molar-refractivity contribution >= 4 is 27.6 Å².